The van der Waals surface area contributed by atoms with Crippen LogP contribution in [-0.2, 0) is 13.1 Å². The largest absolute Gasteiger partial charge is 0.307 e. The quantitative estimate of drug-likeness (QED) is 0.873. The maximum atomic E-state index is 4.36. The molecule has 4 heteroatoms. The molecule has 1 aromatic rings. The molecule has 0 amide bonds. The number of aromatic nitrogens is 3. The highest BCUT2D eigenvalue weighted by Crippen LogP contribution is 2.23. The standard InChI is InChI=1S/C14H26N4/c1-11(2)9-18-14(16-10-17-18)8-15-13-6-4-5-12(3)7-13/h10-13,15H,4-9H2,1-3H3. The Morgan fingerprint density at radius 3 is 3.00 bits per heavy atom. The van der Waals surface area contributed by atoms with E-state index < -0.39 is 0 Å². The van der Waals surface area contributed by atoms with E-state index in [0.717, 1.165) is 24.8 Å². The molecule has 0 bridgehead atoms. The molecule has 0 aromatic carbocycles. The van der Waals surface area contributed by atoms with Crippen LogP contribution in [0.3, 0.4) is 0 Å². The van der Waals surface area contributed by atoms with Gasteiger partial charge in [0.1, 0.15) is 12.2 Å². The molecular weight excluding hydrogens is 224 g/mol. The van der Waals surface area contributed by atoms with Gasteiger partial charge in [0, 0.05) is 12.6 Å². The molecule has 1 saturated carbocycles. The van der Waals surface area contributed by atoms with Gasteiger partial charge < -0.3 is 5.32 Å². The minimum Gasteiger partial charge on any atom is -0.307 e. The molecule has 0 saturated heterocycles. The van der Waals surface area contributed by atoms with Crippen LogP contribution in [0.25, 0.3) is 0 Å². The Kier molecular flexibility index (Phi) is 4.75. The van der Waals surface area contributed by atoms with Crippen LogP contribution in [0.1, 0.15) is 52.3 Å². The van der Waals surface area contributed by atoms with Crippen molar-refractivity contribution in [3.63, 3.8) is 0 Å². The van der Waals surface area contributed by atoms with Gasteiger partial charge in [0.15, 0.2) is 0 Å². The van der Waals surface area contributed by atoms with Gasteiger partial charge in [0.05, 0.1) is 6.54 Å². The lowest BCUT2D eigenvalue weighted by atomic mass is 9.87. The Hall–Kier alpha value is -0.900. The van der Waals surface area contributed by atoms with Gasteiger partial charge in [-0.3, -0.25) is 0 Å². The minimum absolute atomic E-state index is 0.611. The Labute approximate surface area is 110 Å². The second kappa shape index (κ2) is 6.32. The van der Waals surface area contributed by atoms with E-state index in [1.807, 2.05) is 4.68 Å². The smallest absolute Gasteiger partial charge is 0.140 e. The zero-order valence-electron chi connectivity index (χ0n) is 11.9. The van der Waals surface area contributed by atoms with E-state index >= 15 is 0 Å². The summed E-state index contributed by atoms with van der Waals surface area (Å²) in [7, 11) is 0. The van der Waals surface area contributed by atoms with Crippen LogP contribution in [-0.4, -0.2) is 20.8 Å². The van der Waals surface area contributed by atoms with Gasteiger partial charge in [0.2, 0.25) is 0 Å². The highest BCUT2D eigenvalue weighted by Gasteiger charge is 2.18. The molecule has 102 valence electrons. The summed E-state index contributed by atoms with van der Waals surface area (Å²) >= 11 is 0. The Bertz CT molecular complexity index is 358. The molecule has 2 rings (SSSR count). The molecule has 4 nitrogen and oxygen atoms in total. The molecule has 1 fully saturated rings. The van der Waals surface area contributed by atoms with Crippen LogP contribution >= 0.6 is 0 Å². The fourth-order valence-electron chi connectivity index (χ4n) is 2.78. The van der Waals surface area contributed by atoms with Gasteiger partial charge in [-0.1, -0.05) is 33.6 Å². The van der Waals surface area contributed by atoms with Crippen molar-refractivity contribution >= 4 is 0 Å². The molecule has 0 radical (unpaired) electrons. The molecule has 0 spiro atoms. The summed E-state index contributed by atoms with van der Waals surface area (Å²) in [6, 6.07) is 0.665. The summed E-state index contributed by atoms with van der Waals surface area (Å²) in [5.74, 6) is 2.55. The van der Waals surface area contributed by atoms with Crippen LogP contribution in [0.15, 0.2) is 6.33 Å². The summed E-state index contributed by atoms with van der Waals surface area (Å²) in [5.41, 5.74) is 0. The van der Waals surface area contributed by atoms with Crippen molar-refractivity contribution in [1.82, 2.24) is 20.1 Å². The van der Waals surface area contributed by atoms with E-state index in [-0.39, 0.29) is 0 Å². The molecule has 2 unspecified atom stereocenters. The lowest BCUT2D eigenvalue weighted by Gasteiger charge is -2.27. The molecule has 1 aliphatic rings. The fourth-order valence-corrected chi connectivity index (χ4v) is 2.78. The zero-order valence-corrected chi connectivity index (χ0v) is 11.9. The first kappa shape index (κ1) is 13.5. The van der Waals surface area contributed by atoms with Crippen molar-refractivity contribution in [2.24, 2.45) is 11.8 Å². The summed E-state index contributed by atoms with van der Waals surface area (Å²) in [6.07, 6.45) is 7.03. The molecule has 18 heavy (non-hydrogen) atoms. The second-order valence-corrected chi connectivity index (χ2v) is 6.10. The average molecular weight is 250 g/mol. The molecule has 1 heterocycles. The Morgan fingerprint density at radius 1 is 1.44 bits per heavy atom. The van der Waals surface area contributed by atoms with Gasteiger partial charge >= 0.3 is 0 Å². The van der Waals surface area contributed by atoms with Crippen molar-refractivity contribution in [3.8, 4) is 0 Å². The number of hydrogen-bond donors (Lipinski definition) is 1. The van der Waals surface area contributed by atoms with Crippen molar-refractivity contribution in [2.45, 2.75) is 65.6 Å². The lowest BCUT2D eigenvalue weighted by Crippen LogP contribution is -2.34. The molecule has 1 aromatic heterocycles. The number of hydrogen-bond acceptors (Lipinski definition) is 3. The highest BCUT2D eigenvalue weighted by molar-refractivity contribution is 4.86. The van der Waals surface area contributed by atoms with E-state index in [9.17, 15) is 0 Å². The predicted molar refractivity (Wildman–Crippen MR) is 73.1 cm³/mol. The van der Waals surface area contributed by atoms with E-state index in [4.69, 9.17) is 0 Å². The van der Waals surface area contributed by atoms with Crippen molar-refractivity contribution in [3.05, 3.63) is 12.2 Å². The normalized spacial score (nSPS) is 24.7. The van der Waals surface area contributed by atoms with Crippen LogP contribution in [0, 0.1) is 11.8 Å². The third-order valence-corrected chi connectivity index (χ3v) is 3.72. The van der Waals surface area contributed by atoms with Gasteiger partial charge in [-0.05, 0) is 24.7 Å². The minimum atomic E-state index is 0.611. The highest BCUT2D eigenvalue weighted by atomic mass is 15.3. The summed E-state index contributed by atoms with van der Waals surface area (Å²) < 4.78 is 2.03. The van der Waals surface area contributed by atoms with E-state index in [1.54, 1.807) is 6.33 Å². The van der Waals surface area contributed by atoms with E-state index in [1.165, 1.54) is 25.7 Å². The fraction of sp³-hybridized carbons (Fsp3) is 0.857. The van der Waals surface area contributed by atoms with Crippen molar-refractivity contribution in [2.75, 3.05) is 0 Å². The maximum absolute atomic E-state index is 4.36. The third-order valence-electron chi connectivity index (χ3n) is 3.72. The molecule has 0 aliphatic heterocycles. The van der Waals surface area contributed by atoms with Crippen LogP contribution < -0.4 is 5.32 Å². The first-order chi connectivity index (χ1) is 8.65. The molecule has 1 N–H and O–H groups in total. The van der Waals surface area contributed by atoms with Gasteiger partial charge in [-0.25, -0.2) is 9.67 Å². The van der Waals surface area contributed by atoms with E-state index in [2.05, 4.69) is 36.2 Å². The van der Waals surface area contributed by atoms with Crippen molar-refractivity contribution < 1.29 is 0 Å². The van der Waals surface area contributed by atoms with Crippen LogP contribution in [0.2, 0.25) is 0 Å². The summed E-state index contributed by atoms with van der Waals surface area (Å²) in [4.78, 5) is 4.36. The van der Waals surface area contributed by atoms with Crippen LogP contribution in [0.4, 0.5) is 0 Å². The SMILES string of the molecule is CC(C)Cn1ncnc1CNC1CCCC(C)C1. The predicted octanol–water partition coefficient (Wildman–Crippen LogP) is 2.60. The first-order valence-electron chi connectivity index (χ1n) is 7.25. The zero-order chi connectivity index (χ0) is 13.0. The Balaban J connectivity index is 1.84. The maximum Gasteiger partial charge on any atom is 0.140 e. The number of rotatable bonds is 5. The molecular formula is C14H26N4. The average Bonchev–Trinajstić information content (AvgIpc) is 2.73. The molecule has 1 aliphatic carbocycles. The van der Waals surface area contributed by atoms with Crippen LogP contribution in [0.5, 0.6) is 0 Å². The third kappa shape index (κ3) is 3.80. The summed E-state index contributed by atoms with van der Waals surface area (Å²) in [5, 5.41) is 7.95. The van der Waals surface area contributed by atoms with Gasteiger partial charge in [-0.2, -0.15) is 5.10 Å². The van der Waals surface area contributed by atoms with Gasteiger partial charge in [-0.15, -0.1) is 0 Å². The molecule has 2 atom stereocenters. The van der Waals surface area contributed by atoms with Gasteiger partial charge in [0.25, 0.3) is 0 Å². The number of nitrogens with zero attached hydrogens (tertiary/aromatic N) is 3. The monoisotopic (exact) mass is 250 g/mol. The van der Waals surface area contributed by atoms with E-state index in [0.29, 0.717) is 12.0 Å². The van der Waals surface area contributed by atoms with Crippen molar-refractivity contribution in [1.29, 1.82) is 0 Å². The number of nitrogens with one attached hydrogen (secondary N) is 1. The summed E-state index contributed by atoms with van der Waals surface area (Å²) in [6.45, 7) is 8.58. The topological polar surface area (TPSA) is 42.7 Å². The Morgan fingerprint density at radius 2 is 2.28 bits per heavy atom. The lowest BCUT2D eigenvalue weighted by molar-refractivity contribution is 0.296. The first-order valence-corrected chi connectivity index (χ1v) is 7.25. The second-order valence-electron chi connectivity index (χ2n) is 6.10.